The maximum Gasteiger partial charge on any atom is 0.338 e. The second-order valence-electron chi connectivity index (χ2n) is 4.66. The molecule has 1 aliphatic rings. The molecule has 0 spiro atoms. The number of esters is 1. The first-order chi connectivity index (χ1) is 8.69. The van der Waals surface area contributed by atoms with Crippen LogP contribution >= 0.6 is 0 Å². The van der Waals surface area contributed by atoms with Gasteiger partial charge in [-0.3, -0.25) is 0 Å². The molecule has 0 aromatic heterocycles. The zero-order valence-electron chi connectivity index (χ0n) is 10.9. The molecule has 0 aliphatic carbocycles. The van der Waals surface area contributed by atoms with E-state index in [4.69, 9.17) is 9.47 Å². The largest absolute Gasteiger partial charge is 0.497 e. The van der Waals surface area contributed by atoms with Crippen LogP contribution in [-0.4, -0.2) is 44.2 Å². The van der Waals surface area contributed by atoms with E-state index in [1.54, 1.807) is 25.3 Å². The lowest BCUT2D eigenvalue weighted by atomic mass is 10.1. The molecule has 4 nitrogen and oxygen atoms in total. The van der Waals surface area contributed by atoms with Gasteiger partial charge in [0, 0.05) is 6.54 Å². The molecule has 0 saturated carbocycles. The third-order valence-corrected chi connectivity index (χ3v) is 3.16. The fourth-order valence-corrected chi connectivity index (χ4v) is 2.18. The summed E-state index contributed by atoms with van der Waals surface area (Å²) in [6.45, 7) is 1.89. The van der Waals surface area contributed by atoms with Crippen molar-refractivity contribution in [3.05, 3.63) is 29.8 Å². The van der Waals surface area contributed by atoms with Crippen molar-refractivity contribution in [2.75, 3.05) is 27.2 Å². The Morgan fingerprint density at radius 2 is 2.28 bits per heavy atom. The highest BCUT2D eigenvalue weighted by Crippen LogP contribution is 2.17. The molecule has 0 amide bonds. The molecule has 1 aromatic carbocycles. The van der Waals surface area contributed by atoms with Gasteiger partial charge in [-0.1, -0.05) is 6.07 Å². The van der Waals surface area contributed by atoms with E-state index in [2.05, 4.69) is 4.90 Å². The number of hydrogen-bond donors (Lipinski definition) is 0. The predicted molar refractivity (Wildman–Crippen MR) is 68.9 cm³/mol. The smallest absolute Gasteiger partial charge is 0.338 e. The quantitative estimate of drug-likeness (QED) is 0.767. The van der Waals surface area contributed by atoms with Gasteiger partial charge in [-0.15, -0.1) is 0 Å². The topological polar surface area (TPSA) is 38.8 Å². The van der Waals surface area contributed by atoms with Gasteiger partial charge in [0.25, 0.3) is 0 Å². The molecular weight excluding hydrogens is 230 g/mol. The van der Waals surface area contributed by atoms with Crippen molar-refractivity contribution in [3.8, 4) is 5.75 Å². The number of carbonyl (C=O) groups excluding carboxylic acids is 1. The Bertz CT molecular complexity index is 419. The van der Waals surface area contributed by atoms with Gasteiger partial charge in [-0.25, -0.2) is 4.79 Å². The molecule has 0 radical (unpaired) electrons. The molecule has 1 saturated heterocycles. The fourth-order valence-electron chi connectivity index (χ4n) is 2.18. The van der Waals surface area contributed by atoms with Gasteiger partial charge in [0.2, 0.25) is 0 Å². The van der Waals surface area contributed by atoms with Gasteiger partial charge in [0.1, 0.15) is 11.9 Å². The lowest BCUT2D eigenvalue weighted by Gasteiger charge is -2.29. The number of methoxy groups -OCH3 is 1. The van der Waals surface area contributed by atoms with Crippen LogP contribution in [0.1, 0.15) is 23.2 Å². The van der Waals surface area contributed by atoms with Gasteiger partial charge >= 0.3 is 5.97 Å². The summed E-state index contributed by atoms with van der Waals surface area (Å²) < 4.78 is 10.6. The summed E-state index contributed by atoms with van der Waals surface area (Å²) in [6.07, 6.45) is 2.02. The van der Waals surface area contributed by atoms with Crippen LogP contribution < -0.4 is 4.74 Å². The van der Waals surface area contributed by atoms with Crippen LogP contribution in [0.5, 0.6) is 5.75 Å². The van der Waals surface area contributed by atoms with E-state index in [0.29, 0.717) is 11.3 Å². The van der Waals surface area contributed by atoms with E-state index in [1.165, 1.54) is 0 Å². The van der Waals surface area contributed by atoms with Crippen molar-refractivity contribution < 1.29 is 14.3 Å². The Kier molecular flexibility index (Phi) is 4.20. The molecule has 0 unspecified atom stereocenters. The van der Waals surface area contributed by atoms with Crippen molar-refractivity contribution in [1.82, 2.24) is 4.90 Å². The third kappa shape index (κ3) is 3.23. The van der Waals surface area contributed by atoms with E-state index in [1.807, 2.05) is 13.1 Å². The zero-order valence-corrected chi connectivity index (χ0v) is 10.9. The summed E-state index contributed by atoms with van der Waals surface area (Å²) in [5.41, 5.74) is 0.544. The van der Waals surface area contributed by atoms with E-state index >= 15 is 0 Å². The van der Waals surface area contributed by atoms with E-state index in [0.717, 1.165) is 25.9 Å². The SMILES string of the molecule is COc1cccc(C(=O)O[C@@H]2CCCN(C)C2)c1. The zero-order chi connectivity index (χ0) is 13.0. The summed E-state index contributed by atoms with van der Waals surface area (Å²) in [7, 11) is 3.63. The molecule has 4 heteroatoms. The maximum atomic E-state index is 12.0. The van der Waals surface area contributed by atoms with Crippen LogP contribution in [0.25, 0.3) is 0 Å². The van der Waals surface area contributed by atoms with Crippen LogP contribution in [0.15, 0.2) is 24.3 Å². The molecule has 1 aliphatic heterocycles. The fraction of sp³-hybridized carbons (Fsp3) is 0.500. The monoisotopic (exact) mass is 249 g/mol. The van der Waals surface area contributed by atoms with E-state index in [-0.39, 0.29) is 12.1 Å². The molecule has 98 valence electrons. The first-order valence-electron chi connectivity index (χ1n) is 6.22. The molecule has 1 heterocycles. The molecule has 1 fully saturated rings. The summed E-state index contributed by atoms with van der Waals surface area (Å²) >= 11 is 0. The predicted octanol–water partition coefficient (Wildman–Crippen LogP) is 1.95. The number of carbonyl (C=O) groups is 1. The molecule has 2 rings (SSSR count). The summed E-state index contributed by atoms with van der Waals surface area (Å²) in [5, 5.41) is 0. The Morgan fingerprint density at radius 3 is 3.00 bits per heavy atom. The highest BCUT2D eigenvalue weighted by molar-refractivity contribution is 5.90. The van der Waals surface area contributed by atoms with Gasteiger partial charge < -0.3 is 14.4 Å². The van der Waals surface area contributed by atoms with Crippen molar-refractivity contribution in [2.45, 2.75) is 18.9 Å². The number of piperidine rings is 1. The average molecular weight is 249 g/mol. The average Bonchev–Trinajstić information content (AvgIpc) is 2.39. The molecule has 0 N–H and O–H groups in total. The van der Waals surface area contributed by atoms with Crippen molar-refractivity contribution in [1.29, 1.82) is 0 Å². The minimum absolute atomic E-state index is 0.00227. The molecule has 1 atom stereocenters. The van der Waals surface area contributed by atoms with E-state index < -0.39 is 0 Å². The highest BCUT2D eigenvalue weighted by atomic mass is 16.5. The van der Waals surface area contributed by atoms with Crippen LogP contribution in [0.4, 0.5) is 0 Å². The normalized spacial score (nSPS) is 20.4. The Morgan fingerprint density at radius 1 is 1.44 bits per heavy atom. The lowest BCUT2D eigenvalue weighted by Crippen LogP contribution is -2.38. The number of ether oxygens (including phenoxy) is 2. The number of nitrogens with zero attached hydrogens (tertiary/aromatic N) is 1. The Labute approximate surface area is 107 Å². The molecule has 18 heavy (non-hydrogen) atoms. The second kappa shape index (κ2) is 5.87. The number of rotatable bonds is 3. The number of likely N-dealkylation sites (tertiary alicyclic amines) is 1. The van der Waals surface area contributed by atoms with Gasteiger partial charge in [0.15, 0.2) is 0 Å². The summed E-state index contributed by atoms with van der Waals surface area (Å²) in [5.74, 6) is 0.402. The van der Waals surface area contributed by atoms with Crippen LogP contribution in [0.3, 0.4) is 0 Å². The first-order valence-corrected chi connectivity index (χ1v) is 6.22. The number of likely N-dealkylation sites (N-methyl/N-ethyl adjacent to an activating group) is 1. The van der Waals surface area contributed by atoms with Crippen molar-refractivity contribution >= 4 is 5.97 Å². The Hall–Kier alpha value is -1.55. The molecule has 1 aromatic rings. The van der Waals surface area contributed by atoms with Gasteiger partial charge in [0.05, 0.1) is 12.7 Å². The van der Waals surface area contributed by atoms with Crippen LogP contribution in [0, 0.1) is 0 Å². The summed E-state index contributed by atoms with van der Waals surface area (Å²) in [4.78, 5) is 14.2. The minimum atomic E-state index is -0.269. The molecule has 0 bridgehead atoms. The Balaban J connectivity index is 1.98. The lowest BCUT2D eigenvalue weighted by molar-refractivity contribution is 0.0108. The van der Waals surface area contributed by atoms with Gasteiger partial charge in [-0.2, -0.15) is 0 Å². The van der Waals surface area contributed by atoms with Gasteiger partial charge in [-0.05, 0) is 44.6 Å². The summed E-state index contributed by atoms with van der Waals surface area (Å²) in [6, 6.07) is 7.06. The van der Waals surface area contributed by atoms with Crippen LogP contribution in [0.2, 0.25) is 0 Å². The minimum Gasteiger partial charge on any atom is -0.497 e. The highest BCUT2D eigenvalue weighted by Gasteiger charge is 2.21. The van der Waals surface area contributed by atoms with Crippen LogP contribution in [-0.2, 0) is 4.74 Å². The number of hydrogen-bond acceptors (Lipinski definition) is 4. The molecular formula is C14H19NO3. The van der Waals surface area contributed by atoms with E-state index in [9.17, 15) is 4.79 Å². The number of benzene rings is 1. The van der Waals surface area contributed by atoms with Crippen molar-refractivity contribution in [3.63, 3.8) is 0 Å². The van der Waals surface area contributed by atoms with Crippen molar-refractivity contribution in [2.24, 2.45) is 0 Å². The second-order valence-corrected chi connectivity index (χ2v) is 4.66. The first kappa shape index (κ1) is 12.9. The standard InChI is InChI=1S/C14H19NO3/c1-15-8-4-7-13(10-15)18-14(16)11-5-3-6-12(9-11)17-2/h3,5-6,9,13H,4,7-8,10H2,1-2H3/t13-/m1/s1. The maximum absolute atomic E-state index is 12.0. The third-order valence-electron chi connectivity index (χ3n) is 3.16.